The Kier molecular flexibility index (Phi) is 1.38. The summed E-state index contributed by atoms with van der Waals surface area (Å²) in [4.78, 5) is 4.09. The van der Waals surface area contributed by atoms with Crippen LogP contribution in [0, 0.1) is 0 Å². The molecule has 0 radical (unpaired) electrons. The van der Waals surface area contributed by atoms with E-state index in [4.69, 9.17) is 4.74 Å². The van der Waals surface area contributed by atoms with Gasteiger partial charge in [0.05, 0.1) is 6.61 Å². The van der Waals surface area contributed by atoms with E-state index in [0.717, 1.165) is 23.4 Å². The highest BCUT2D eigenvalue weighted by Crippen LogP contribution is 2.26. The molecule has 2 rings (SSSR count). The Morgan fingerprint density at radius 1 is 1.60 bits per heavy atom. The first-order valence-corrected chi connectivity index (χ1v) is 3.93. The number of halogens is 1. The maximum absolute atomic E-state index is 5.31. The predicted octanol–water partition coefficient (Wildman–Crippen LogP) is 1.78. The number of nitrogens with zero attached hydrogens (tertiary/aromatic N) is 1. The van der Waals surface area contributed by atoms with Crippen molar-refractivity contribution in [1.82, 2.24) is 4.98 Å². The smallest absolute Gasteiger partial charge is 0.126 e. The second kappa shape index (κ2) is 2.23. The molecule has 10 heavy (non-hydrogen) atoms. The number of rotatable bonds is 0. The fourth-order valence-corrected chi connectivity index (χ4v) is 1.34. The summed E-state index contributed by atoms with van der Waals surface area (Å²) in [6.45, 7) is 0.799. The van der Waals surface area contributed by atoms with Gasteiger partial charge in [0.2, 0.25) is 0 Å². The molecule has 1 aliphatic heterocycles. The molecule has 2 heterocycles. The molecule has 0 saturated heterocycles. The van der Waals surface area contributed by atoms with E-state index in [9.17, 15) is 0 Å². The Bertz CT molecular complexity index is 262. The van der Waals surface area contributed by atoms with E-state index in [1.54, 1.807) is 0 Å². The minimum absolute atomic E-state index is 0.799. The third-order valence-electron chi connectivity index (χ3n) is 1.54. The van der Waals surface area contributed by atoms with E-state index in [0.29, 0.717) is 0 Å². The van der Waals surface area contributed by atoms with Crippen molar-refractivity contribution in [2.75, 3.05) is 6.61 Å². The van der Waals surface area contributed by atoms with Crippen LogP contribution in [-0.2, 0) is 6.42 Å². The lowest BCUT2D eigenvalue weighted by Gasteiger charge is -1.96. The van der Waals surface area contributed by atoms with E-state index >= 15 is 0 Å². The Morgan fingerprint density at radius 3 is 3.40 bits per heavy atom. The van der Waals surface area contributed by atoms with E-state index in [1.807, 2.05) is 12.3 Å². The molecule has 3 heteroatoms. The van der Waals surface area contributed by atoms with E-state index in [-0.39, 0.29) is 0 Å². The Labute approximate surface area is 67.4 Å². The van der Waals surface area contributed by atoms with Crippen LogP contribution in [0.3, 0.4) is 0 Å². The van der Waals surface area contributed by atoms with Gasteiger partial charge in [-0.2, -0.15) is 0 Å². The first kappa shape index (κ1) is 6.16. The molecular formula is C7H6BrNO. The minimum atomic E-state index is 0.799. The predicted molar refractivity (Wildman–Crippen MR) is 41.1 cm³/mol. The molecule has 52 valence electrons. The van der Waals surface area contributed by atoms with Gasteiger partial charge < -0.3 is 4.74 Å². The summed E-state index contributed by atoms with van der Waals surface area (Å²) in [6, 6.07) is 1.91. The summed E-state index contributed by atoms with van der Waals surface area (Å²) in [6.07, 6.45) is 2.85. The van der Waals surface area contributed by atoms with Gasteiger partial charge in [0.1, 0.15) is 10.4 Å². The first-order chi connectivity index (χ1) is 4.86. The number of ether oxygens (including phenoxy) is 1. The van der Waals surface area contributed by atoms with Gasteiger partial charge in [0.15, 0.2) is 0 Å². The fraction of sp³-hybridized carbons (Fsp3) is 0.286. The summed E-state index contributed by atoms with van der Waals surface area (Å²) < 4.78 is 6.15. The quantitative estimate of drug-likeness (QED) is 0.595. The van der Waals surface area contributed by atoms with Crippen LogP contribution in [0.1, 0.15) is 5.56 Å². The lowest BCUT2D eigenvalue weighted by molar-refractivity contribution is 0.356. The number of pyridine rings is 1. The Morgan fingerprint density at radius 2 is 2.50 bits per heavy atom. The third kappa shape index (κ3) is 0.904. The number of hydrogen-bond acceptors (Lipinski definition) is 2. The van der Waals surface area contributed by atoms with E-state index in [2.05, 4.69) is 20.9 Å². The largest absolute Gasteiger partial charge is 0.493 e. The zero-order valence-electron chi connectivity index (χ0n) is 5.30. The molecule has 0 aliphatic carbocycles. The van der Waals surface area contributed by atoms with Gasteiger partial charge >= 0.3 is 0 Å². The van der Waals surface area contributed by atoms with Crippen LogP contribution in [0.5, 0.6) is 5.75 Å². The molecule has 0 unspecified atom stereocenters. The molecule has 2 nitrogen and oxygen atoms in total. The molecule has 0 bridgehead atoms. The van der Waals surface area contributed by atoms with Gasteiger partial charge in [0, 0.05) is 24.2 Å². The van der Waals surface area contributed by atoms with Gasteiger partial charge in [0.25, 0.3) is 0 Å². The van der Waals surface area contributed by atoms with Crippen molar-refractivity contribution in [2.45, 2.75) is 6.42 Å². The van der Waals surface area contributed by atoms with Gasteiger partial charge in [-0.25, -0.2) is 4.98 Å². The van der Waals surface area contributed by atoms with Crippen LogP contribution in [0.25, 0.3) is 0 Å². The summed E-state index contributed by atoms with van der Waals surface area (Å²) in [7, 11) is 0. The molecular weight excluding hydrogens is 194 g/mol. The molecule has 0 saturated carbocycles. The van der Waals surface area contributed by atoms with Crippen LogP contribution in [0.4, 0.5) is 0 Å². The lowest BCUT2D eigenvalue weighted by Crippen LogP contribution is -1.85. The third-order valence-corrected chi connectivity index (χ3v) is 1.97. The van der Waals surface area contributed by atoms with Crippen molar-refractivity contribution in [1.29, 1.82) is 0 Å². The highest BCUT2D eigenvalue weighted by Gasteiger charge is 2.11. The SMILES string of the molecule is Brc1cc2c(cn1)CCO2. The number of fused-ring (bicyclic) bond motifs is 1. The fourth-order valence-electron chi connectivity index (χ4n) is 1.03. The zero-order valence-corrected chi connectivity index (χ0v) is 6.89. The van der Waals surface area contributed by atoms with Crippen LogP contribution in [0.2, 0.25) is 0 Å². The van der Waals surface area contributed by atoms with Crippen molar-refractivity contribution in [3.63, 3.8) is 0 Å². The molecule has 0 N–H and O–H groups in total. The highest BCUT2D eigenvalue weighted by atomic mass is 79.9. The van der Waals surface area contributed by atoms with Crippen LogP contribution in [0.15, 0.2) is 16.9 Å². The lowest BCUT2D eigenvalue weighted by atomic mass is 10.2. The van der Waals surface area contributed by atoms with Gasteiger partial charge in [-0.3, -0.25) is 0 Å². The molecule has 0 atom stereocenters. The second-order valence-electron chi connectivity index (χ2n) is 2.21. The van der Waals surface area contributed by atoms with Crippen LogP contribution >= 0.6 is 15.9 Å². The van der Waals surface area contributed by atoms with E-state index < -0.39 is 0 Å². The highest BCUT2D eigenvalue weighted by molar-refractivity contribution is 9.10. The minimum Gasteiger partial charge on any atom is -0.493 e. The maximum atomic E-state index is 5.31. The van der Waals surface area contributed by atoms with Gasteiger partial charge in [-0.15, -0.1) is 0 Å². The summed E-state index contributed by atoms with van der Waals surface area (Å²) in [5.74, 6) is 0.974. The molecule has 0 amide bonds. The summed E-state index contributed by atoms with van der Waals surface area (Å²) >= 11 is 3.27. The number of aromatic nitrogens is 1. The van der Waals surface area contributed by atoms with Gasteiger partial charge in [-0.05, 0) is 15.9 Å². The van der Waals surface area contributed by atoms with Crippen LogP contribution < -0.4 is 4.74 Å². The molecule has 0 aromatic carbocycles. The first-order valence-electron chi connectivity index (χ1n) is 3.13. The molecule has 1 aliphatic rings. The van der Waals surface area contributed by atoms with Crippen LogP contribution in [-0.4, -0.2) is 11.6 Å². The zero-order chi connectivity index (χ0) is 6.97. The number of hydrogen-bond donors (Lipinski definition) is 0. The van der Waals surface area contributed by atoms with Crippen molar-refractivity contribution in [2.24, 2.45) is 0 Å². The van der Waals surface area contributed by atoms with Crippen molar-refractivity contribution in [3.05, 3.63) is 22.4 Å². The molecule has 0 fully saturated rings. The Hall–Kier alpha value is -0.570. The monoisotopic (exact) mass is 199 g/mol. The Balaban J connectivity index is 2.52. The van der Waals surface area contributed by atoms with Gasteiger partial charge in [-0.1, -0.05) is 0 Å². The van der Waals surface area contributed by atoms with Crippen molar-refractivity contribution >= 4 is 15.9 Å². The topological polar surface area (TPSA) is 22.1 Å². The average molecular weight is 200 g/mol. The normalized spacial score (nSPS) is 14.5. The van der Waals surface area contributed by atoms with Crippen molar-refractivity contribution in [3.8, 4) is 5.75 Å². The molecule has 1 aromatic rings. The van der Waals surface area contributed by atoms with E-state index in [1.165, 1.54) is 5.56 Å². The standard InChI is InChI=1S/C7H6BrNO/c8-7-3-6-5(4-9-7)1-2-10-6/h3-4H,1-2H2. The molecule has 1 aromatic heterocycles. The van der Waals surface area contributed by atoms with Crippen molar-refractivity contribution < 1.29 is 4.74 Å². The maximum Gasteiger partial charge on any atom is 0.126 e. The average Bonchev–Trinajstić information content (AvgIpc) is 2.33. The summed E-state index contributed by atoms with van der Waals surface area (Å²) in [5, 5.41) is 0. The molecule has 0 spiro atoms. The summed E-state index contributed by atoms with van der Waals surface area (Å²) in [5.41, 5.74) is 1.21. The second-order valence-corrected chi connectivity index (χ2v) is 3.03.